The van der Waals surface area contributed by atoms with Gasteiger partial charge in [-0.1, -0.05) is 42.5 Å². The van der Waals surface area contributed by atoms with Crippen LogP contribution in [0.15, 0.2) is 61.7 Å². The Hall–Kier alpha value is -3.48. The van der Waals surface area contributed by atoms with Crippen molar-refractivity contribution in [3.63, 3.8) is 0 Å². The highest BCUT2D eigenvalue weighted by Crippen LogP contribution is 2.22. The molecule has 0 saturated carbocycles. The molecule has 1 rings (SSSR count). The number of para-hydroxylation sites is 1. The molecule has 0 bridgehead atoms. The minimum atomic E-state index is -0.653. The van der Waals surface area contributed by atoms with Gasteiger partial charge < -0.3 is 21.8 Å². The number of nitrogens with one attached hydrogen (secondary N) is 3. The predicted octanol–water partition coefficient (Wildman–Crippen LogP) is 2.95. The van der Waals surface area contributed by atoms with E-state index in [0.717, 1.165) is 0 Å². The molecule has 3 amide bonds. The molecular formula is C23H30N4O3. The lowest BCUT2D eigenvalue weighted by atomic mass is 9.92. The van der Waals surface area contributed by atoms with E-state index in [2.05, 4.69) is 23.8 Å². The van der Waals surface area contributed by atoms with Crippen LogP contribution in [0.1, 0.15) is 31.7 Å². The van der Waals surface area contributed by atoms with Crippen molar-refractivity contribution in [1.29, 1.82) is 5.41 Å². The van der Waals surface area contributed by atoms with Crippen LogP contribution < -0.4 is 16.4 Å². The molecule has 160 valence electrons. The summed E-state index contributed by atoms with van der Waals surface area (Å²) in [5.74, 6) is -2.27. The highest BCUT2D eigenvalue weighted by Gasteiger charge is 2.19. The van der Waals surface area contributed by atoms with Crippen LogP contribution in [-0.4, -0.2) is 30.0 Å². The van der Waals surface area contributed by atoms with Gasteiger partial charge in [0.1, 0.15) is 0 Å². The lowest BCUT2D eigenvalue weighted by molar-refractivity contribution is -0.129. The molecule has 7 nitrogen and oxygen atoms in total. The Bertz CT molecular complexity index is 829. The quantitative estimate of drug-likeness (QED) is 0.295. The zero-order chi connectivity index (χ0) is 22.5. The van der Waals surface area contributed by atoms with Gasteiger partial charge in [0, 0.05) is 35.2 Å². The summed E-state index contributed by atoms with van der Waals surface area (Å²) in [5, 5.41) is 13.8. The van der Waals surface area contributed by atoms with Gasteiger partial charge in [0.25, 0.3) is 0 Å². The molecule has 2 atom stereocenters. The first-order chi connectivity index (χ1) is 14.3. The fraction of sp³-hybridized carbons (Fsp3) is 0.304. The van der Waals surface area contributed by atoms with Crippen LogP contribution in [0, 0.1) is 17.2 Å². The average molecular weight is 411 g/mol. The van der Waals surface area contributed by atoms with Gasteiger partial charge in [-0.05, 0) is 25.8 Å². The van der Waals surface area contributed by atoms with E-state index in [1.807, 2.05) is 19.1 Å². The van der Waals surface area contributed by atoms with Crippen molar-refractivity contribution >= 4 is 29.1 Å². The van der Waals surface area contributed by atoms with Gasteiger partial charge in [-0.3, -0.25) is 14.4 Å². The van der Waals surface area contributed by atoms with Gasteiger partial charge in [-0.25, -0.2) is 0 Å². The molecule has 0 saturated heterocycles. The van der Waals surface area contributed by atoms with Crippen molar-refractivity contribution in [2.24, 2.45) is 17.6 Å². The zero-order valence-corrected chi connectivity index (χ0v) is 17.3. The fourth-order valence-corrected chi connectivity index (χ4v) is 2.90. The minimum absolute atomic E-state index is 0.109. The van der Waals surface area contributed by atoms with E-state index in [9.17, 15) is 14.4 Å². The Morgan fingerprint density at radius 1 is 1.13 bits per heavy atom. The minimum Gasteiger partial charge on any atom is -0.369 e. The monoisotopic (exact) mass is 410 g/mol. The Labute approximate surface area is 177 Å². The smallest absolute Gasteiger partial charge is 0.243 e. The molecule has 2 unspecified atom stereocenters. The number of hydrogen-bond donors (Lipinski definition) is 4. The number of hydrogen-bond acceptors (Lipinski definition) is 4. The summed E-state index contributed by atoms with van der Waals surface area (Å²) in [6.45, 7) is 8.90. The number of allylic oxidation sites excluding steroid dienone is 4. The van der Waals surface area contributed by atoms with Gasteiger partial charge in [0.15, 0.2) is 0 Å². The maximum Gasteiger partial charge on any atom is 0.243 e. The van der Waals surface area contributed by atoms with Crippen molar-refractivity contribution in [2.45, 2.75) is 26.2 Å². The first-order valence-corrected chi connectivity index (χ1v) is 9.72. The first-order valence-electron chi connectivity index (χ1n) is 9.72. The van der Waals surface area contributed by atoms with Crippen molar-refractivity contribution in [3.05, 3.63) is 67.3 Å². The second kappa shape index (κ2) is 12.9. The van der Waals surface area contributed by atoms with Crippen LogP contribution in [0.25, 0.3) is 0 Å². The van der Waals surface area contributed by atoms with E-state index in [1.54, 1.807) is 30.3 Å². The van der Waals surface area contributed by atoms with Crippen LogP contribution >= 0.6 is 0 Å². The summed E-state index contributed by atoms with van der Waals surface area (Å²) < 4.78 is 0. The Morgan fingerprint density at radius 3 is 2.40 bits per heavy atom. The van der Waals surface area contributed by atoms with E-state index in [-0.39, 0.29) is 18.9 Å². The number of primary amides is 1. The topological polar surface area (TPSA) is 125 Å². The molecule has 0 aliphatic heterocycles. The molecule has 7 heteroatoms. The second-order valence-electron chi connectivity index (χ2n) is 6.77. The van der Waals surface area contributed by atoms with Crippen molar-refractivity contribution in [1.82, 2.24) is 5.32 Å². The Morgan fingerprint density at radius 2 is 1.80 bits per heavy atom. The van der Waals surface area contributed by atoms with Crippen LogP contribution in [0.3, 0.4) is 0 Å². The van der Waals surface area contributed by atoms with Crippen LogP contribution in [0.4, 0.5) is 5.69 Å². The van der Waals surface area contributed by atoms with Crippen molar-refractivity contribution < 1.29 is 14.4 Å². The van der Waals surface area contributed by atoms with Gasteiger partial charge in [0.05, 0.1) is 6.54 Å². The van der Waals surface area contributed by atoms with E-state index < -0.39 is 23.6 Å². The number of anilines is 1. The molecule has 1 aromatic rings. The van der Waals surface area contributed by atoms with Crippen molar-refractivity contribution in [2.75, 3.05) is 11.9 Å². The van der Waals surface area contributed by atoms with E-state index in [1.165, 1.54) is 6.08 Å². The standard InChI is InChI=1S/C23H30N4O3/c1-4-9-16(10-5-2)22(24)18-12-7-8-13-19(18)27-21(29)15-26-20(28)14-17(11-6-3)23(25)30/h4-8,10,12-13,16-17,24H,1,3,9,11,14-15H2,2H3,(H2,25,30)(H,26,28)(H,27,29)/b10-5-,24-22?. The summed E-state index contributed by atoms with van der Waals surface area (Å²) in [7, 11) is 0. The summed E-state index contributed by atoms with van der Waals surface area (Å²) >= 11 is 0. The van der Waals surface area contributed by atoms with Gasteiger partial charge in [-0.2, -0.15) is 0 Å². The molecule has 30 heavy (non-hydrogen) atoms. The SMILES string of the molecule is C=CCC(/C=C\C)C(=N)c1ccccc1NC(=O)CNC(=O)CC(CC=C)C(N)=O. The second-order valence-corrected chi connectivity index (χ2v) is 6.77. The molecular weight excluding hydrogens is 380 g/mol. The van der Waals surface area contributed by atoms with E-state index >= 15 is 0 Å². The Kier molecular flexibility index (Phi) is 10.5. The molecule has 5 N–H and O–H groups in total. The maximum atomic E-state index is 12.3. The third-order valence-corrected chi connectivity index (χ3v) is 4.44. The zero-order valence-electron chi connectivity index (χ0n) is 17.3. The maximum absolute atomic E-state index is 12.3. The molecule has 0 aromatic heterocycles. The normalized spacial score (nSPS) is 12.6. The number of rotatable bonds is 13. The number of carbonyl (C=O) groups is 3. The molecule has 0 spiro atoms. The third-order valence-electron chi connectivity index (χ3n) is 4.44. The van der Waals surface area contributed by atoms with Crippen LogP contribution in [0.2, 0.25) is 0 Å². The summed E-state index contributed by atoms with van der Waals surface area (Å²) in [5.41, 5.74) is 6.71. The molecule has 0 aliphatic rings. The van der Waals surface area contributed by atoms with Crippen LogP contribution in [-0.2, 0) is 14.4 Å². The third kappa shape index (κ3) is 7.87. The molecule has 0 heterocycles. The number of nitrogens with two attached hydrogens (primary N) is 1. The summed E-state index contributed by atoms with van der Waals surface area (Å²) in [6, 6.07) is 7.03. The van der Waals surface area contributed by atoms with E-state index in [4.69, 9.17) is 11.1 Å². The average Bonchev–Trinajstić information content (AvgIpc) is 2.71. The highest BCUT2D eigenvalue weighted by atomic mass is 16.2. The molecule has 1 aromatic carbocycles. The number of benzene rings is 1. The van der Waals surface area contributed by atoms with Crippen LogP contribution in [0.5, 0.6) is 0 Å². The van der Waals surface area contributed by atoms with Crippen molar-refractivity contribution in [3.8, 4) is 0 Å². The first kappa shape index (κ1) is 24.6. The lowest BCUT2D eigenvalue weighted by Gasteiger charge is -2.17. The van der Waals surface area contributed by atoms with Gasteiger partial charge in [-0.15, -0.1) is 13.2 Å². The largest absolute Gasteiger partial charge is 0.369 e. The summed E-state index contributed by atoms with van der Waals surface area (Å²) in [4.78, 5) is 35.7. The summed E-state index contributed by atoms with van der Waals surface area (Å²) in [6.07, 6.45) is 7.86. The molecule has 0 aliphatic carbocycles. The number of carbonyl (C=O) groups excluding carboxylic acids is 3. The fourth-order valence-electron chi connectivity index (χ4n) is 2.90. The molecule has 0 radical (unpaired) electrons. The van der Waals surface area contributed by atoms with E-state index in [0.29, 0.717) is 29.8 Å². The molecule has 0 fully saturated rings. The van der Waals surface area contributed by atoms with Gasteiger partial charge >= 0.3 is 0 Å². The number of amides is 3. The lowest BCUT2D eigenvalue weighted by Crippen LogP contribution is -2.36. The highest BCUT2D eigenvalue weighted by molar-refractivity contribution is 6.08. The van der Waals surface area contributed by atoms with Gasteiger partial charge in [0.2, 0.25) is 17.7 Å². The Balaban J connectivity index is 2.77. The predicted molar refractivity (Wildman–Crippen MR) is 120 cm³/mol.